The predicted octanol–water partition coefficient (Wildman–Crippen LogP) is 3.05. The van der Waals surface area contributed by atoms with Gasteiger partial charge in [-0.15, -0.1) is 0 Å². The molecule has 4 heteroatoms. The van der Waals surface area contributed by atoms with Crippen LogP contribution in [0.5, 0.6) is 0 Å². The summed E-state index contributed by atoms with van der Waals surface area (Å²) in [5.41, 5.74) is 2.53. The number of sulfone groups is 1. The summed E-state index contributed by atoms with van der Waals surface area (Å²) in [6.07, 6.45) is 1.66. The smallest absolute Gasteiger partial charge is 0.191 e. The van der Waals surface area contributed by atoms with E-state index < -0.39 is 9.84 Å². The van der Waals surface area contributed by atoms with Gasteiger partial charge >= 0.3 is 0 Å². The van der Waals surface area contributed by atoms with Gasteiger partial charge in [0.05, 0.1) is 10.6 Å². The third-order valence-corrected chi connectivity index (χ3v) is 5.24. The lowest BCUT2D eigenvalue weighted by Crippen LogP contribution is -2.24. The van der Waals surface area contributed by atoms with Crippen LogP contribution in [0, 0.1) is 6.92 Å². The molecule has 2 aromatic rings. The van der Waals surface area contributed by atoms with Gasteiger partial charge < -0.3 is 0 Å². The number of ketones is 1. The molecule has 1 heterocycles. The molecule has 1 aliphatic rings. The Morgan fingerprint density at radius 2 is 1.67 bits per heavy atom. The Morgan fingerprint density at radius 3 is 2.38 bits per heavy atom. The fourth-order valence-corrected chi connectivity index (χ4v) is 3.98. The monoisotopic (exact) mass is 298 g/mol. The van der Waals surface area contributed by atoms with Crippen LogP contribution in [-0.2, 0) is 9.84 Å². The van der Waals surface area contributed by atoms with Crippen molar-refractivity contribution in [2.45, 2.75) is 11.8 Å². The van der Waals surface area contributed by atoms with Crippen LogP contribution >= 0.6 is 0 Å². The Hall–Kier alpha value is -2.20. The maximum atomic E-state index is 12.4. The Kier molecular flexibility index (Phi) is 3.26. The van der Waals surface area contributed by atoms with E-state index >= 15 is 0 Å². The second-order valence-electron chi connectivity index (χ2n) is 5.16. The molecule has 0 amide bonds. The largest absolute Gasteiger partial charge is 0.289 e. The van der Waals surface area contributed by atoms with Crippen LogP contribution < -0.4 is 0 Å². The van der Waals surface area contributed by atoms with Crippen LogP contribution in [-0.4, -0.2) is 20.0 Å². The van der Waals surface area contributed by atoms with Crippen LogP contribution in [0.15, 0.2) is 59.0 Å². The molecule has 3 rings (SSSR count). The fraction of sp³-hybridized carbons (Fsp3) is 0.118. The second kappa shape index (κ2) is 4.97. The first kappa shape index (κ1) is 13.8. The number of hydrogen-bond acceptors (Lipinski definition) is 3. The Bertz CT molecular complexity index is 844. The number of Topliss-reactive ketones (excluding diaryl/α,β-unsaturated/α-hetero) is 1. The standard InChI is InChI=1S/C17H14O3S/c1-12-6-8-13(9-7-12)10-14-11-21(19,20)16-5-3-2-4-15(16)17(14)18/h2-10H,11H2,1H3. The van der Waals surface area contributed by atoms with E-state index in [4.69, 9.17) is 0 Å². The third-order valence-electron chi connectivity index (χ3n) is 3.52. The molecule has 0 fully saturated rings. The van der Waals surface area contributed by atoms with Gasteiger partial charge in [-0.05, 0) is 30.7 Å². The number of benzene rings is 2. The summed E-state index contributed by atoms with van der Waals surface area (Å²) in [5.74, 6) is -0.447. The van der Waals surface area contributed by atoms with Crippen LogP contribution in [0.2, 0.25) is 0 Å². The molecule has 0 saturated heterocycles. The number of rotatable bonds is 1. The molecule has 0 N–H and O–H groups in total. The summed E-state index contributed by atoms with van der Waals surface area (Å²) >= 11 is 0. The topological polar surface area (TPSA) is 51.2 Å². The minimum absolute atomic E-state index is 0.135. The lowest BCUT2D eigenvalue weighted by molar-refractivity contribution is 0.103. The first-order valence-corrected chi connectivity index (χ1v) is 8.26. The molecule has 1 aliphatic heterocycles. The normalized spacial score (nSPS) is 18.5. The zero-order valence-corrected chi connectivity index (χ0v) is 12.4. The molecule has 0 bridgehead atoms. The highest BCUT2D eigenvalue weighted by Gasteiger charge is 2.32. The van der Waals surface area contributed by atoms with E-state index in [1.165, 1.54) is 6.07 Å². The lowest BCUT2D eigenvalue weighted by atomic mass is 10.0. The van der Waals surface area contributed by atoms with Crippen molar-refractivity contribution < 1.29 is 13.2 Å². The number of aryl methyl sites for hydroxylation is 1. The fourth-order valence-electron chi connectivity index (χ4n) is 2.42. The molecule has 3 nitrogen and oxygen atoms in total. The zero-order valence-electron chi connectivity index (χ0n) is 11.5. The number of carbonyl (C=O) groups excluding carboxylic acids is 1. The van der Waals surface area contributed by atoms with Crippen LogP contribution in [0.3, 0.4) is 0 Å². The van der Waals surface area contributed by atoms with Crippen molar-refractivity contribution in [3.8, 4) is 0 Å². The Morgan fingerprint density at radius 1 is 1.00 bits per heavy atom. The Balaban J connectivity index is 2.11. The minimum atomic E-state index is -3.44. The predicted molar refractivity (Wildman–Crippen MR) is 82.0 cm³/mol. The number of hydrogen-bond donors (Lipinski definition) is 0. The highest BCUT2D eigenvalue weighted by atomic mass is 32.2. The molecule has 0 aliphatic carbocycles. The summed E-state index contributed by atoms with van der Waals surface area (Å²) in [7, 11) is -3.44. The van der Waals surface area contributed by atoms with E-state index in [0.29, 0.717) is 5.57 Å². The van der Waals surface area contributed by atoms with Gasteiger partial charge in [-0.2, -0.15) is 0 Å². The van der Waals surface area contributed by atoms with Crippen LogP contribution in [0.4, 0.5) is 0 Å². The quantitative estimate of drug-likeness (QED) is 0.760. The summed E-state index contributed by atoms with van der Waals surface area (Å²) in [5, 5.41) is 0. The second-order valence-corrected chi connectivity index (χ2v) is 7.12. The number of carbonyl (C=O) groups is 1. The highest BCUT2D eigenvalue weighted by molar-refractivity contribution is 7.91. The van der Waals surface area contributed by atoms with Crippen molar-refractivity contribution in [1.82, 2.24) is 0 Å². The summed E-state index contributed by atoms with van der Waals surface area (Å²) < 4.78 is 24.6. The molecule has 0 aromatic heterocycles. The molecule has 0 spiro atoms. The summed E-state index contributed by atoms with van der Waals surface area (Å²) in [6, 6.07) is 14.0. The molecule has 0 atom stereocenters. The molecule has 0 saturated carbocycles. The third kappa shape index (κ3) is 2.54. The van der Waals surface area contributed by atoms with Gasteiger partial charge in [0.15, 0.2) is 15.6 Å². The van der Waals surface area contributed by atoms with Gasteiger partial charge in [0.1, 0.15) is 0 Å². The zero-order chi connectivity index (χ0) is 15.0. The SMILES string of the molecule is Cc1ccc(C=C2CS(=O)(=O)c3ccccc3C2=O)cc1. The van der Waals surface area contributed by atoms with Crippen molar-refractivity contribution in [2.24, 2.45) is 0 Å². The lowest BCUT2D eigenvalue weighted by Gasteiger charge is -2.17. The van der Waals surface area contributed by atoms with Gasteiger partial charge in [0.2, 0.25) is 0 Å². The summed E-state index contributed by atoms with van der Waals surface area (Å²) in [4.78, 5) is 12.6. The van der Waals surface area contributed by atoms with Gasteiger partial charge in [0.25, 0.3) is 0 Å². The van der Waals surface area contributed by atoms with Crippen molar-refractivity contribution in [3.05, 3.63) is 70.8 Å². The van der Waals surface area contributed by atoms with Crippen molar-refractivity contribution in [1.29, 1.82) is 0 Å². The first-order valence-electron chi connectivity index (χ1n) is 6.61. The molecule has 2 aromatic carbocycles. The van der Waals surface area contributed by atoms with Crippen molar-refractivity contribution >= 4 is 21.7 Å². The van der Waals surface area contributed by atoms with Gasteiger partial charge in [-0.25, -0.2) is 8.42 Å². The van der Waals surface area contributed by atoms with Crippen molar-refractivity contribution in [3.63, 3.8) is 0 Å². The average Bonchev–Trinajstić information content (AvgIpc) is 2.47. The van der Waals surface area contributed by atoms with E-state index in [-0.39, 0.29) is 22.0 Å². The van der Waals surface area contributed by atoms with Crippen LogP contribution in [0.25, 0.3) is 6.08 Å². The van der Waals surface area contributed by atoms with Crippen molar-refractivity contribution in [2.75, 3.05) is 5.75 Å². The van der Waals surface area contributed by atoms with Gasteiger partial charge in [-0.3, -0.25) is 4.79 Å². The molecule has 21 heavy (non-hydrogen) atoms. The number of fused-ring (bicyclic) bond motifs is 1. The van der Waals surface area contributed by atoms with E-state index in [2.05, 4.69) is 0 Å². The molecular formula is C17H14O3S. The molecule has 0 unspecified atom stereocenters. The van der Waals surface area contributed by atoms with E-state index in [1.807, 2.05) is 31.2 Å². The first-order chi connectivity index (χ1) is 9.97. The molecule has 106 valence electrons. The van der Waals surface area contributed by atoms with E-state index in [1.54, 1.807) is 24.3 Å². The average molecular weight is 298 g/mol. The van der Waals surface area contributed by atoms with E-state index in [9.17, 15) is 13.2 Å². The molecule has 0 radical (unpaired) electrons. The van der Waals surface area contributed by atoms with E-state index in [0.717, 1.165) is 11.1 Å². The maximum Gasteiger partial charge on any atom is 0.191 e. The molecular weight excluding hydrogens is 284 g/mol. The van der Waals surface area contributed by atoms with Crippen LogP contribution in [0.1, 0.15) is 21.5 Å². The van der Waals surface area contributed by atoms with Gasteiger partial charge in [-0.1, -0.05) is 42.0 Å². The highest BCUT2D eigenvalue weighted by Crippen LogP contribution is 2.28. The minimum Gasteiger partial charge on any atom is -0.289 e. The Labute approximate surface area is 123 Å². The summed E-state index contributed by atoms with van der Waals surface area (Å²) in [6.45, 7) is 1.98. The van der Waals surface area contributed by atoms with Gasteiger partial charge in [0, 0.05) is 11.1 Å². The maximum absolute atomic E-state index is 12.4.